The van der Waals surface area contributed by atoms with Gasteiger partial charge >= 0.3 is 0 Å². The Morgan fingerprint density at radius 2 is 1.78 bits per heavy atom. The number of carbonyl (C=O) groups is 1. The average Bonchev–Trinajstić information content (AvgIpc) is 3.42. The summed E-state index contributed by atoms with van der Waals surface area (Å²) in [6.07, 6.45) is 4.88. The van der Waals surface area contributed by atoms with E-state index in [0.29, 0.717) is 48.4 Å². The number of benzene rings is 3. The molecule has 0 fully saturated rings. The Hall–Kier alpha value is -5.22. The van der Waals surface area contributed by atoms with Gasteiger partial charge in [-0.25, -0.2) is 4.98 Å². The van der Waals surface area contributed by atoms with E-state index in [9.17, 15) is 4.79 Å². The minimum absolute atomic E-state index is 0.198. The van der Waals surface area contributed by atoms with Crippen molar-refractivity contribution in [3.8, 4) is 11.4 Å². The van der Waals surface area contributed by atoms with Crippen molar-refractivity contribution in [3.63, 3.8) is 0 Å². The molecule has 0 saturated heterocycles. The van der Waals surface area contributed by atoms with Crippen molar-refractivity contribution in [1.82, 2.24) is 19.5 Å². The molecule has 0 aliphatic carbocycles. The van der Waals surface area contributed by atoms with Crippen molar-refractivity contribution in [3.05, 3.63) is 103 Å². The Labute approximate surface area is 238 Å². The molecular formula is C31H31N7O3. The monoisotopic (exact) mass is 549 g/mol. The van der Waals surface area contributed by atoms with Crippen LogP contribution in [-0.2, 0) is 16.1 Å². The van der Waals surface area contributed by atoms with Crippen LogP contribution in [0.1, 0.15) is 12.5 Å². The number of hydrogen-bond acceptors (Lipinski definition) is 8. The van der Waals surface area contributed by atoms with Gasteiger partial charge in [0.1, 0.15) is 18.7 Å². The number of methoxy groups -OCH3 is 1. The number of carbonyl (C=O) groups excluding carboxylic acids is 1. The smallest absolute Gasteiger partial charge is 0.248 e. The van der Waals surface area contributed by atoms with Crippen LogP contribution in [0.4, 0.5) is 23.1 Å². The van der Waals surface area contributed by atoms with Gasteiger partial charge in [-0.3, -0.25) is 9.36 Å². The molecule has 0 bridgehead atoms. The molecule has 3 N–H and O–H groups in total. The van der Waals surface area contributed by atoms with Crippen LogP contribution in [0.25, 0.3) is 16.9 Å². The average molecular weight is 550 g/mol. The van der Waals surface area contributed by atoms with Crippen LogP contribution < -0.4 is 20.7 Å². The summed E-state index contributed by atoms with van der Waals surface area (Å²) >= 11 is 0. The van der Waals surface area contributed by atoms with Gasteiger partial charge in [-0.2, -0.15) is 9.97 Å². The summed E-state index contributed by atoms with van der Waals surface area (Å²) in [5.74, 6) is 1.54. The lowest BCUT2D eigenvalue weighted by molar-refractivity contribution is -0.111. The van der Waals surface area contributed by atoms with Crippen LogP contribution in [0.3, 0.4) is 0 Å². The number of rotatable bonds is 12. The molecular weight excluding hydrogens is 518 g/mol. The summed E-state index contributed by atoms with van der Waals surface area (Å²) in [7, 11) is 1.64. The van der Waals surface area contributed by atoms with Gasteiger partial charge in [-0.05, 0) is 61.0 Å². The number of nitrogens with one attached hydrogen (secondary N) is 3. The van der Waals surface area contributed by atoms with E-state index in [1.54, 1.807) is 26.4 Å². The van der Waals surface area contributed by atoms with E-state index >= 15 is 0 Å². The lowest BCUT2D eigenvalue weighted by Gasteiger charge is -2.12. The summed E-state index contributed by atoms with van der Waals surface area (Å²) < 4.78 is 12.6. The Kier molecular flexibility index (Phi) is 8.82. The fraction of sp³-hybridized carbons (Fsp3) is 0.161. The number of aromatic nitrogens is 4. The van der Waals surface area contributed by atoms with Crippen molar-refractivity contribution in [2.75, 3.05) is 36.3 Å². The van der Waals surface area contributed by atoms with Crippen LogP contribution in [-0.4, -0.2) is 45.7 Å². The van der Waals surface area contributed by atoms with E-state index < -0.39 is 0 Å². The van der Waals surface area contributed by atoms with Crippen LogP contribution in [0.2, 0.25) is 0 Å². The van der Waals surface area contributed by atoms with Gasteiger partial charge in [0.2, 0.25) is 11.9 Å². The highest BCUT2D eigenvalue weighted by atomic mass is 16.5. The molecule has 10 nitrogen and oxygen atoms in total. The third-order valence-electron chi connectivity index (χ3n) is 6.08. The lowest BCUT2D eigenvalue weighted by atomic mass is 10.2. The molecule has 10 heteroatoms. The standard InChI is InChI=1S/C31H31N7O3/c1-3-8-27(39)34-24-11-7-12-25(19-24)38-21-33-28-29(32-20-22-9-5-4-6-10-22)36-31(37-30(28)38)35-23-13-15-26(16-14-23)41-18-17-40-2/h3-16,19,21H,17-18,20H2,1-2H3,(H,34,39)(H2,32,35,36,37)/b8-3+. The van der Waals surface area contributed by atoms with Gasteiger partial charge in [0.25, 0.3) is 0 Å². The first kappa shape index (κ1) is 27.4. The van der Waals surface area contributed by atoms with Crippen molar-refractivity contribution >= 4 is 40.2 Å². The van der Waals surface area contributed by atoms with Gasteiger partial charge in [0, 0.05) is 25.0 Å². The summed E-state index contributed by atoms with van der Waals surface area (Å²) in [6.45, 7) is 3.36. The number of nitrogens with zero attached hydrogens (tertiary/aromatic N) is 4. The molecule has 2 aromatic heterocycles. The largest absolute Gasteiger partial charge is 0.491 e. The zero-order valence-electron chi connectivity index (χ0n) is 22.9. The minimum atomic E-state index is -0.198. The van der Waals surface area contributed by atoms with E-state index in [-0.39, 0.29) is 5.91 Å². The predicted octanol–water partition coefficient (Wildman–Crippen LogP) is 5.71. The van der Waals surface area contributed by atoms with E-state index in [2.05, 4.69) is 20.9 Å². The first-order chi connectivity index (χ1) is 20.1. The molecule has 0 atom stereocenters. The van der Waals surface area contributed by atoms with Crippen molar-refractivity contribution in [2.24, 2.45) is 0 Å². The fourth-order valence-corrected chi connectivity index (χ4v) is 4.13. The summed E-state index contributed by atoms with van der Waals surface area (Å²) in [4.78, 5) is 26.3. The number of imidazole rings is 1. The van der Waals surface area contributed by atoms with Crippen molar-refractivity contribution < 1.29 is 14.3 Å². The highest BCUT2D eigenvalue weighted by Gasteiger charge is 2.15. The second kappa shape index (κ2) is 13.2. The van der Waals surface area contributed by atoms with E-state index in [1.807, 2.05) is 83.4 Å². The normalized spacial score (nSPS) is 11.1. The van der Waals surface area contributed by atoms with E-state index in [0.717, 1.165) is 22.7 Å². The van der Waals surface area contributed by atoms with Crippen LogP contribution in [0.15, 0.2) is 97.3 Å². The van der Waals surface area contributed by atoms with Crippen molar-refractivity contribution in [1.29, 1.82) is 0 Å². The van der Waals surface area contributed by atoms with Gasteiger partial charge in [0.15, 0.2) is 17.0 Å². The van der Waals surface area contributed by atoms with Gasteiger partial charge in [-0.1, -0.05) is 42.5 Å². The Bertz CT molecular complexity index is 1630. The molecule has 0 aliphatic rings. The molecule has 41 heavy (non-hydrogen) atoms. The topological polar surface area (TPSA) is 115 Å². The van der Waals surface area contributed by atoms with Gasteiger partial charge in [0.05, 0.1) is 12.3 Å². The maximum absolute atomic E-state index is 12.1. The number of hydrogen-bond donors (Lipinski definition) is 3. The van der Waals surface area contributed by atoms with E-state index in [1.165, 1.54) is 6.08 Å². The molecule has 3 aromatic carbocycles. The van der Waals surface area contributed by atoms with E-state index in [4.69, 9.17) is 19.4 Å². The molecule has 208 valence electrons. The van der Waals surface area contributed by atoms with Crippen LogP contribution in [0, 0.1) is 0 Å². The Morgan fingerprint density at radius 3 is 2.56 bits per heavy atom. The number of allylic oxidation sites excluding steroid dienone is 1. The summed E-state index contributed by atoms with van der Waals surface area (Å²) in [6, 6.07) is 25.2. The number of amides is 1. The Balaban J connectivity index is 1.47. The SMILES string of the molecule is C/C=C/C(=O)Nc1cccc(-n2cnc3c(NCc4ccccc4)nc(Nc4ccc(OCCOC)cc4)nc32)c1. The molecule has 5 rings (SSSR count). The molecule has 0 radical (unpaired) electrons. The number of ether oxygens (including phenoxy) is 2. The fourth-order valence-electron chi connectivity index (χ4n) is 4.13. The quantitative estimate of drug-likeness (QED) is 0.134. The van der Waals surface area contributed by atoms with Crippen LogP contribution >= 0.6 is 0 Å². The molecule has 2 heterocycles. The molecule has 0 saturated carbocycles. The first-order valence-corrected chi connectivity index (χ1v) is 13.2. The Morgan fingerprint density at radius 1 is 0.951 bits per heavy atom. The predicted molar refractivity (Wildman–Crippen MR) is 161 cm³/mol. The second-order valence-corrected chi connectivity index (χ2v) is 9.05. The number of fused-ring (bicyclic) bond motifs is 1. The molecule has 0 aliphatic heterocycles. The van der Waals surface area contributed by atoms with Crippen LogP contribution in [0.5, 0.6) is 5.75 Å². The molecule has 0 unspecified atom stereocenters. The molecule has 1 amide bonds. The third kappa shape index (κ3) is 7.06. The number of anilines is 4. The zero-order chi connectivity index (χ0) is 28.4. The third-order valence-corrected chi connectivity index (χ3v) is 6.08. The maximum atomic E-state index is 12.1. The van der Waals surface area contributed by atoms with Gasteiger partial charge in [-0.15, -0.1) is 0 Å². The molecule has 0 spiro atoms. The zero-order valence-corrected chi connectivity index (χ0v) is 22.9. The molecule has 5 aromatic rings. The minimum Gasteiger partial charge on any atom is -0.491 e. The van der Waals surface area contributed by atoms with Gasteiger partial charge < -0.3 is 25.4 Å². The first-order valence-electron chi connectivity index (χ1n) is 13.2. The highest BCUT2D eigenvalue weighted by Crippen LogP contribution is 2.27. The lowest BCUT2D eigenvalue weighted by Crippen LogP contribution is -2.08. The second-order valence-electron chi connectivity index (χ2n) is 9.05. The summed E-state index contributed by atoms with van der Waals surface area (Å²) in [5.41, 5.74) is 4.60. The summed E-state index contributed by atoms with van der Waals surface area (Å²) in [5, 5.41) is 9.60. The highest BCUT2D eigenvalue weighted by molar-refractivity contribution is 5.99. The maximum Gasteiger partial charge on any atom is 0.248 e. The van der Waals surface area contributed by atoms with Crippen molar-refractivity contribution in [2.45, 2.75) is 13.5 Å².